The Hall–Kier alpha value is -2.70. The van der Waals surface area contributed by atoms with Crippen LogP contribution < -0.4 is 10.9 Å². The number of carbonyl (C=O) groups excluding carboxylic acids is 2. The van der Waals surface area contributed by atoms with Crippen LogP contribution in [-0.4, -0.2) is 34.3 Å². The molecular formula is C20H27N3O4. The molecule has 0 aliphatic carbocycles. The molecule has 2 aromatic rings. The second-order valence-electron chi connectivity index (χ2n) is 6.67. The van der Waals surface area contributed by atoms with Crippen molar-refractivity contribution in [1.82, 2.24) is 15.1 Å². The normalized spacial score (nSPS) is 11.0. The Morgan fingerprint density at radius 3 is 2.56 bits per heavy atom. The van der Waals surface area contributed by atoms with E-state index in [1.165, 1.54) is 4.68 Å². The minimum absolute atomic E-state index is 0.0813. The van der Waals surface area contributed by atoms with E-state index in [9.17, 15) is 14.4 Å². The van der Waals surface area contributed by atoms with Gasteiger partial charge >= 0.3 is 5.97 Å². The first-order chi connectivity index (χ1) is 12.9. The van der Waals surface area contributed by atoms with Crippen LogP contribution in [0.4, 0.5) is 0 Å². The number of ether oxygens (including phenoxy) is 1. The molecule has 0 radical (unpaired) electrons. The molecule has 7 nitrogen and oxygen atoms in total. The molecule has 0 unspecified atom stereocenters. The van der Waals surface area contributed by atoms with Gasteiger partial charge in [0.05, 0.1) is 17.9 Å². The average molecular weight is 373 g/mol. The Kier molecular flexibility index (Phi) is 7.52. The van der Waals surface area contributed by atoms with E-state index in [1.54, 1.807) is 38.1 Å². The third-order valence-corrected chi connectivity index (χ3v) is 4.04. The van der Waals surface area contributed by atoms with E-state index in [4.69, 9.17) is 4.74 Å². The predicted octanol–water partition coefficient (Wildman–Crippen LogP) is 2.66. The number of unbranched alkanes of at least 4 members (excludes halogenated alkanes) is 2. The van der Waals surface area contributed by atoms with E-state index >= 15 is 0 Å². The maximum atomic E-state index is 12.6. The smallest absolute Gasteiger partial charge is 0.307 e. The Labute approximate surface area is 158 Å². The molecule has 0 spiro atoms. The Morgan fingerprint density at radius 1 is 1.19 bits per heavy atom. The largest absolute Gasteiger partial charge is 0.463 e. The van der Waals surface area contributed by atoms with Crippen LogP contribution in [-0.2, 0) is 16.1 Å². The summed E-state index contributed by atoms with van der Waals surface area (Å²) >= 11 is 0. The molecule has 1 N–H and O–H groups in total. The Morgan fingerprint density at radius 2 is 1.89 bits per heavy atom. The van der Waals surface area contributed by atoms with Gasteiger partial charge in [-0.3, -0.25) is 14.4 Å². The number of amides is 1. The first-order valence-corrected chi connectivity index (χ1v) is 9.41. The number of fused-ring (bicyclic) bond motifs is 1. The molecule has 1 amide bonds. The van der Waals surface area contributed by atoms with Crippen molar-refractivity contribution in [2.45, 2.75) is 59.1 Å². The summed E-state index contributed by atoms with van der Waals surface area (Å²) in [6.45, 7) is 6.25. The van der Waals surface area contributed by atoms with Gasteiger partial charge in [0.1, 0.15) is 0 Å². The van der Waals surface area contributed by atoms with Crippen molar-refractivity contribution in [2.75, 3.05) is 6.54 Å². The summed E-state index contributed by atoms with van der Waals surface area (Å²) in [6.07, 6.45) is 2.73. The molecule has 1 aromatic carbocycles. The predicted molar refractivity (Wildman–Crippen MR) is 104 cm³/mol. The zero-order valence-corrected chi connectivity index (χ0v) is 16.2. The molecule has 0 fully saturated rings. The van der Waals surface area contributed by atoms with E-state index in [0.717, 1.165) is 19.3 Å². The number of esters is 1. The molecule has 0 aliphatic heterocycles. The van der Waals surface area contributed by atoms with Crippen molar-refractivity contribution in [2.24, 2.45) is 0 Å². The van der Waals surface area contributed by atoms with Gasteiger partial charge in [-0.15, -0.1) is 0 Å². The number of carbonyl (C=O) groups is 2. The number of nitrogens with one attached hydrogen (secondary N) is 1. The minimum Gasteiger partial charge on any atom is -0.463 e. The summed E-state index contributed by atoms with van der Waals surface area (Å²) in [5.41, 5.74) is -0.00214. The fraction of sp³-hybridized carbons (Fsp3) is 0.500. The third kappa shape index (κ3) is 5.64. The summed E-state index contributed by atoms with van der Waals surface area (Å²) < 4.78 is 6.41. The van der Waals surface area contributed by atoms with Gasteiger partial charge in [-0.2, -0.15) is 5.10 Å². The molecule has 0 bridgehead atoms. The highest BCUT2D eigenvalue weighted by atomic mass is 16.5. The van der Waals surface area contributed by atoms with Crippen LogP contribution in [0.25, 0.3) is 10.8 Å². The molecule has 27 heavy (non-hydrogen) atoms. The van der Waals surface area contributed by atoms with Crippen LogP contribution in [0.3, 0.4) is 0 Å². The van der Waals surface area contributed by atoms with Crippen LogP contribution in [0.5, 0.6) is 0 Å². The molecule has 146 valence electrons. The highest BCUT2D eigenvalue weighted by Gasteiger charge is 2.17. The highest BCUT2D eigenvalue weighted by Crippen LogP contribution is 2.13. The van der Waals surface area contributed by atoms with Crippen LogP contribution in [0.1, 0.15) is 56.9 Å². The monoisotopic (exact) mass is 373 g/mol. The fourth-order valence-electron chi connectivity index (χ4n) is 2.75. The summed E-state index contributed by atoms with van der Waals surface area (Å²) in [5, 5.41) is 7.96. The summed E-state index contributed by atoms with van der Waals surface area (Å²) in [5.74, 6) is -0.777. The lowest BCUT2D eigenvalue weighted by Crippen LogP contribution is -2.32. The molecule has 0 saturated carbocycles. The van der Waals surface area contributed by atoms with Crippen molar-refractivity contribution in [1.29, 1.82) is 0 Å². The lowest BCUT2D eigenvalue weighted by molar-refractivity contribution is -0.147. The van der Waals surface area contributed by atoms with E-state index in [-0.39, 0.29) is 36.3 Å². The summed E-state index contributed by atoms with van der Waals surface area (Å²) in [7, 11) is 0. The minimum atomic E-state index is -0.409. The molecular weight excluding hydrogens is 346 g/mol. The maximum absolute atomic E-state index is 12.6. The van der Waals surface area contributed by atoms with Gasteiger partial charge in [-0.1, -0.05) is 38.0 Å². The topological polar surface area (TPSA) is 90.3 Å². The van der Waals surface area contributed by atoms with Crippen molar-refractivity contribution >= 4 is 22.6 Å². The number of rotatable bonds is 9. The van der Waals surface area contributed by atoms with Crippen molar-refractivity contribution in [3.05, 3.63) is 40.3 Å². The van der Waals surface area contributed by atoms with Crippen LogP contribution in [0, 0.1) is 0 Å². The van der Waals surface area contributed by atoms with Crippen molar-refractivity contribution < 1.29 is 14.3 Å². The second-order valence-corrected chi connectivity index (χ2v) is 6.67. The van der Waals surface area contributed by atoms with Crippen LogP contribution in [0.2, 0.25) is 0 Å². The van der Waals surface area contributed by atoms with Gasteiger partial charge in [0, 0.05) is 18.5 Å². The van der Waals surface area contributed by atoms with Gasteiger partial charge in [-0.05, 0) is 26.3 Å². The molecule has 1 aromatic heterocycles. The van der Waals surface area contributed by atoms with E-state index in [1.807, 2.05) is 0 Å². The highest BCUT2D eigenvalue weighted by molar-refractivity contribution is 6.04. The second kappa shape index (κ2) is 9.85. The molecule has 2 rings (SSSR count). The quantitative estimate of drug-likeness (QED) is 0.539. The summed E-state index contributed by atoms with van der Waals surface area (Å²) in [4.78, 5) is 36.8. The third-order valence-electron chi connectivity index (χ3n) is 4.04. The maximum Gasteiger partial charge on any atom is 0.307 e. The number of aromatic nitrogens is 2. The number of benzene rings is 1. The van der Waals surface area contributed by atoms with Crippen LogP contribution in [0.15, 0.2) is 29.1 Å². The summed E-state index contributed by atoms with van der Waals surface area (Å²) in [6, 6.07) is 6.94. The molecule has 0 aliphatic rings. The number of aryl methyl sites for hydroxylation is 1. The zero-order valence-electron chi connectivity index (χ0n) is 16.2. The van der Waals surface area contributed by atoms with Gasteiger partial charge in [0.15, 0.2) is 5.69 Å². The van der Waals surface area contributed by atoms with Gasteiger partial charge in [0.2, 0.25) is 0 Å². The number of hydrogen-bond donors (Lipinski definition) is 1. The van der Waals surface area contributed by atoms with E-state index in [2.05, 4.69) is 17.3 Å². The molecule has 0 saturated heterocycles. The first kappa shape index (κ1) is 20.6. The first-order valence-electron chi connectivity index (χ1n) is 9.41. The molecule has 1 heterocycles. The van der Waals surface area contributed by atoms with Crippen molar-refractivity contribution in [3.8, 4) is 0 Å². The lowest BCUT2D eigenvalue weighted by atomic mass is 10.1. The number of nitrogens with zero attached hydrogens (tertiary/aromatic N) is 2. The van der Waals surface area contributed by atoms with Gasteiger partial charge in [-0.25, -0.2) is 4.68 Å². The SMILES string of the molecule is CCCCCn1nc(C(=O)NCCC(=O)OC(C)C)c2ccccc2c1=O. The molecule has 0 atom stereocenters. The van der Waals surface area contributed by atoms with E-state index in [0.29, 0.717) is 17.3 Å². The number of hydrogen-bond acceptors (Lipinski definition) is 5. The van der Waals surface area contributed by atoms with Crippen LogP contribution >= 0.6 is 0 Å². The van der Waals surface area contributed by atoms with Gasteiger partial charge < -0.3 is 10.1 Å². The Bertz CT molecular complexity index is 858. The standard InChI is InChI=1S/C20H27N3O4/c1-4-5-8-13-23-20(26)16-10-7-6-9-15(16)18(22-23)19(25)21-12-11-17(24)27-14(2)3/h6-7,9-10,14H,4-5,8,11-13H2,1-3H3,(H,21,25). The van der Waals surface area contributed by atoms with Crippen molar-refractivity contribution in [3.63, 3.8) is 0 Å². The molecule has 7 heteroatoms. The van der Waals surface area contributed by atoms with E-state index < -0.39 is 5.91 Å². The fourth-order valence-corrected chi connectivity index (χ4v) is 2.75. The van der Waals surface area contributed by atoms with Gasteiger partial charge in [0.25, 0.3) is 11.5 Å². The zero-order chi connectivity index (χ0) is 19.8. The average Bonchev–Trinajstić information content (AvgIpc) is 2.63. The lowest BCUT2D eigenvalue weighted by Gasteiger charge is -2.11. The Balaban J connectivity index is 2.20.